The molecule has 108 valence electrons. The Labute approximate surface area is 132 Å². The molecule has 2 fully saturated rings. The van der Waals surface area contributed by atoms with Crippen LogP contribution in [0.15, 0.2) is 9.59 Å². The Morgan fingerprint density at radius 3 is 1.35 bits per heavy atom. The van der Waals surface area contributed by atoms with E-state index < -0.39 is 0 Å². The number of hydrogen-bond donors (Lipinski definition) is 2. The zero-order valence-electron chi connectivity index (χ0n) is 10.7. The minimum absolute atomic E-state index is 0.184. The van der Waals surface area contributed by atoms with E-state index in [-0.39, 0.29) is 11.1 Å². The first-order valence-electron chi connectivity index (χ1n) is 6.38. The molecular weight excluding hydrogens is 332 g/mol. The summed E-state index contributed by atoms with van der Waals surface area (Å²) in [7, 11) is 0. The van der Waals surface area contributed by atoms with Crippen LogP contribution in [0.3, 0.4) is 0 Å². The molecule has 0 atom stereocenters. The van der Waals surface area contributed by atoms with Crippen molar-refractivity contribution in [3.63, 3.8) is 0 Å². The summed E-state index contributed by atoms with van der Waals surface area (Å²) in [6.07, 6.45) is 2.29. The van der Waals surface area contributed by atoms with Crippen LogP contribution in [0, 0.1) is 0 Å². The van der Waals surface area contributed by atoms with Gasteiger partial charge in [0.15, 0.2) is 0 Å². The second-order valence-electron chi connectivity index (χ2n) is 4.33. The van der Waals surface area contributed by atoms with Crippen molar-refractivity contribution in [2.75, 3.05) is 23.0 Å². The third-order valence-corrected chi connectivity index (χ3v) is 8.10. The highest BCUT2D eigenvalue weighted by molar-refractivity contribution is 8.30. The number of aromatic amines is 2. The number of thioether (sulfide) groups is 4. The average molecular weight is 347 g/mol. The summed E-state index contributed by atoms with van der Waals surface area (Å²) in [6, 6.07) is 0. The normalized spacial score (nSPS) is 20.2. The van der Waals surface area contributed by atoms with E-state index in [0.717, 1.165) is 44.3 Å². The van der Waals surface area contributed by atoms with Crippen molar-refractivity contribution in [1.82, 2.24) is 9.97 Å². The van der Waals surface area contributed by atoms with E-state index >= 15 is 0 Å². The summed E-state index contributed by atoms with van der Waals surface area (Å²) in [4.78, 5) is 30.0. The first-order chi connectivity index (χ1) is 9.75. The Hall–Kier alpha value is -0.180. The van der Waals surface area contributed by atoms with Crippen LogP contribution in [-0.4, -0.2) is 33.0 Å². The minimum Gasteiger partial charge on any atom is -0.315 e. The lowest BCUT2D eigenvalue weighted by Crippen LogP contribution is -2.48. The van der Waals surface area contributed by atoms with Gasteiger partial charge in [0.1, 0.15) is 10.7 Å². The van der Waals surface area contributed by atoms with Crippen LogP contribution in [0.25, 0.3) is 8.47 Å². The van der Waals surface area contributed by atoms with E-state index in [1.54, 1.807) is 47.0 Å². The third-order valence-electron chi connectivity index (χ3n) is 2.85. The summed E-state index contributed by atoms with van der Waals surface area (Å²) in [5.41, 5.74) is -0.369. The van der Waals surface area contributed by atoms with Crippen molar-refractivity contribution in [2.45, 2.75) is 12.8 Å². The zero-order valence-corrected chi connectivity index (χ0v) is 14.0. The zero-order chi connectivity index (χ0) is 13.9. The summed E-state index contributed by atoms with van der Waals surface area (Å²) in [5, 5.41) is 0.861. The highest BCUT2D eigenvalue weighted by atomic mass is 32.2. The summed E-state index contributed by atoms with van der Waals surface area (Å²) >= 11 is 6.61. The molecule has 2 N–H and O–H groups in total. The molecule has 3 heterocycles. The maximum atomic E-state index is 12.2. The molecule has 0 radical (unpaired) electrons. The lowest BCUT2D eigenvalue weighted by molar-refractivity contribution is 1.00. The van der Waals surface area contributed by atoms with Crippen LogP contribution in [0.5, 0.6) is 0 Å². The van der Waals surface area contributed by atoms with Crippen molar-refractivity contribution < 1.29 is 0 Å². The van der Waals surface area contributed by atoms with Crippen LogP contribution in [0.1, 0.15) is 12.8 Å². The highest BCUT2D eigenvalue weighted by Gasteiger charge is 2.13. The van der Waals surface area contributed by atoms with Crippen molar-refractivity contribution >= 4 is 55.5 Å². The van der Waals surface area contributed by atoms with Crippen LogP contribution in [0.2, 0.25) is 0 Å². The smallest absolute Gasteiger partial charge is 0.274 e. The third kappa shape index (κ3) is 3.18. The molecule has 0 bridgehead atoms. The Morgan fingerprint density at radius 1 is 0.650 bits per heavy atom. The molecule has 0 aromatic carbocycles. The molecule has 8 heteroatoms. The van der Waals surface area contributed by atoms with E-state index in [0.29, 0.717) is 10.7 Å². The lowest BCUT2D eigenvalue weighted by Gasteiger charge is -2.12. The second-order valence-corrected chi connectivity index (χ2v) is 9.27. The molecule has 0 unspecified atom stereocenters. The maximum absolute atomic E-state index is 12.2. The van der Waals surface area contributed by atoms with Gasteiger partial charge in [0.2, 0.25) is 0 Å². The molecule has 4 nitrogen and oxygen atoms in total. The summed E-state index contributed by atoms with van der Waals surface area (Å²) < 4.78 is 1.88. The van der Waals surface area contributed by atoms with E-state index in [1.807, 2.05) is 0 Å². The summed E-state index contributed by atoms with van der Waals surface area (Å²) in [6.45, 7) is 0. The van der Waals surface area contributed by atoms with Crippen molar-refractivity contribution in [3.05, 3.63) is 31.4 Å². The standard InChI is InChI=1S/C12H14N2O2S4/c15-9-7(11-17-3-1-4-18-11)13-10(16)8(14-9)12-19-5-2-6-20-12/h1-6H2,(H,13,16)(H,14,15). The quantitative estimate of drug-likeness (QED) is 0.729. The van der Waals surface area contributed by atoms with Crippen molar-refractivity contribution in [1.29, 1.82) is 0 Å². The predicted octanol–water partition coefficient (Wildman–Crippen LogP) is 0.935. The van der Waals surface area contributed by atoms with Crippen molar-refractivity contribution in [3.8, 4) is 0 Å². The van der Waals surface area contributed by atoms with Gasteiger partial charge in [-0.25, -0.2) is 0 Å². The van der Waals surface area contributed by atoms with Gasteiger partial charge in [-0.05, 0) is 35.9 Å². The average Bonchev–Trinajstić information content (AvgIpc) is 2.51. The number of H-pyrrole nitrogens is 2. The maximum Gasteiger partial charge on any atom is 0.274 e. The van der Waals surface area contributed by atoms with Gasteiger partial charge in [0, 0.05) is 0 Å². The van der Waals surface area contributed by atoms with Crippen LogP contribution in [0.4, 0.5) is 0 Å². The highest BCUT2D eigenvalue weighted by Crippen LogP contribution is 2.34. The molecule has 0 amide bonds. The fourth-order valence-corrected chi connectivity index (χ4v) is 6.98. The molecule has 0 aliphatic carbocycles. The molecule has 20 heavy (non-hydrogen) atoms. The summed E-state index contributed by atoms with van der Waals surface area (Å²) in [5.74, 6) is 4.03. The monoisotopic (exact) mass is 346 g/mol. The molecule has 2 saturated heterocycles. The van der Waals surface area contributed by atoms with E-state index in [9.17, 15) is 9.59 Å². The Kier molecular flexibility index (Phi) is 4.95. The second kappa shape index (κ2) is 6.72. The first-order valence-corrected chi connectivity index (χ1v) is 10.3. The largest absolute Gasteiger partial charge is 0.315 e. The molecule has 2 aliphatic rings. The minimum atomic E-state index is -0.184. The van der Waals surface area contributed by atoms with Gasteiger partial charge in [-0.1, -0.05) is 0 Å². The van der Waals surface area contributed by atoms with Crippen LogP contribution < -0.4 is 21.8 Å². The fraction of sp³-hybridized carbons (Fsp3) is 0.500. The number of nitrogens with one attached hydrogen (secondary N) is 2. The van der Waals surface area contributed by atoms with Gasteiger partial charge in [0.25, 0.3) is 11.1 Å². The number of hydrogen-bond acceptors (Lipinski definition) is 6. The molecule has 2 aliphatic heterocycles. The molecule has 0 saturated carbocycles. The Morgan fingerprint density at radius 2 is 1.00 bits per heavy atom. The van der Waals surface area contributed by atoms with Gasteiger partial charge in [0.05, 0.1) is 8.47 Å². The topological polar surface area (TPSA) is 65.7 Å². The Balaban J connectivity index is 2.17. The molecule has 1 aromatic rings. The fourth-order valence-electron chi connectivity index (χ4n) is 1.90. The van der Waals surface area contributed by atoms with Gasteiger partial charge in [-0.15, -0.1) is 47.0 Å². The van der Waals surface area contributed by atoms with Crippen LogP contribution in [-0.2, 0) is 0 Å². The molecule has 1 aromatic heterocycles. The first kappa shape index (κ1) is 14.7. The number of rotatable bonds is 0. The van der Waals surface area contributed by atoms with Gasteiger partial charge in [-0.3, -0.25) is 9.59 Å². The van der Waals surface area contributed by atoms with E-state index in [4.69, 9.17) is 0 Å². The Bertz CT molecular complexity index is 657. The predicted molar refractivity (Wildman–Crippen MR) is 92.8 cm³/mol. The molecule has 0 spiro atoms. The lowest BCUT2D eigenvalue weighted by atomic mass is 10.6. The van der Waals surface area contributed by atoms with E-state index in [2.05, 4.69) is 9.97 Å². The van der Waals surface area contributed by atoms with Crippen LogP contribution >= 0.6 is 47.0 Å². The van der Waals surface area contributed by atoms with E-state index in [1.165, 1.54) is 0 Å². The molecular formula is C12H14N2O2S4. The van der Waals surface area contributed by atoms with Gasteiger partial charge < -0.3 is 9.97 Å². The van der Waals surface area contributed by atoms with Crippen molar-refractivity contribution in [2.24, 2.45) is 0 Å². The number of aromatic nitrogens is 2. The SMILES string of the molecule is O=c1[nH]c(=C2SCCCS2)c(=O)[nH]c1=C1SCCCS1. The van der Waals surface area contributed by atoms with Gasteiger partial charge >= 0.3 is 0 Å². The molecule has 3 rings (SSSR count). The van der Waals surface area contributed by atoms with Gasteiger partial charge in [-0.2, -0.15) is 0 Å².